The number of amides is 2. The lowest BCUT2D eigenvalue weighted by molar-refractivity contribution is -0.133. The second kappa shape index (κ2) is 6.82. The zero-order valence-electron chi connectivity index (χ0n) is 14.5. The van der Waals surface area contributed by atoms with Gasteiger partial charge in [0, 0.05) is 56.4 Å². The Kier molecular flexibility index (Phi) is 4.36. The quantitative estimate of drug-likeness (QED) is 0.840. The van der Waals surface area contributed by atoms with Crippen LogP contribution in [0, 0.1) is 0 Å². The van der Waals surface area contributed by atoms with Crippen molar-refractivity contribution in [3.63, 3.8) is 0 Å². The Labute approximate surface area is 152 Å². The van der Waals surface area contributed by atoms with Crippen LogP contribution in [0.4, 0.5) is 0 Å². The minimum absolute atomic E-state index is 0.0852. The van der Waals surface area contributed by atoms with Crippen LogP contribution in [0.15, 0.2) is 43.1 Å². The van der Waals surface area contributed by atoms with Gasteiger partial charge in [-0.2, -0.15) is 0 Å². The summed E-state index contributed by atoms with van der Waals surface area (Å²) in [6.07, 6.45) is 11.2. The van der Waals surface area contributed by atoms with E-state index in [2.05, 4.69) is 15.0 Å². The molecule has 7 heteroatoms. The van der Waals surface area contributed by atoms with Crippen molar-refractivity contribution in [2.75, 3.05) is 13.1 Å². The molecule has 4 heterocycles. The first-order chi connectivity index (χ1) is 12.7. The number of piperidine rings is 1. The predicted molar refractivity (Wildman–Crippen MR) is 93.9 cm³/mol. The molecule has 0 aliphatic carbocycles. The molecule has 4 rings (SSSR count). The van der Waals surface area contributed by atoms with Gasteiger partial charge in [-0.25, -0.2) is 4.98 Å². The first-order valence-electron chi connectivity index (χ1n) is 8.93. The molecule has 0 saturated carbocycles. The maximum absolute atomic E-state index is 12.6. The van der Waals surface area contributed by atoms with Gasteiger partial charge >= 0.3 is 0 Å². The van der Waals surface area contributed by atoms with Gasteiger partial charge in [0.05, 0.1) is 6.20 Å². The van der Waals surface area contributed by atoms with Crippen molar-refractivity contribution in [2.45, 2.75) is 37.8 Å². The first kappa shape index (κ1) is 16.6. The molecule has 2 aliphatic rings. The van der Waals surface area contributed by atoms with Crippen molar-refractivity contribution in [3.8, 4) is 0 Å². The SMILES string of the molecule is O=C(c1cnccn1)N1CCC2(CCC(=O)N2Cc2ccncc2)CC1. The van der Waals surface area contributed by atoms with Crippen LogP contribution >= 0.6 is 0 Å². The fourth-order valence-corrected chi connectivity index (χ4v) is 4.02. The lowest BCUT2D eigenvalue weighted by Crippen LogP contribution is -2.53. The third-order valence-electron chi connectivity index (χ3n) is 5.53. The van der Waals surface area contributed by atoms with Crippen LogP contribution in [0.3, 0.4) is 0 Å². The largest absolute Gasteiger partial charge is 0.337 e. The molecule has 2 amide bonds. The van der Waals surface area contributed by atoms with Crippen LogP contribution < -0.4 is 0 Å². The molecule has 2 aliphatic heterocycles. The van der Waals surface area contributed by atoms with Gasteiger partial charge in [-0.15, -0.1) is 0 Å². The van der Waals surface area contributed by atoms with Crippen LogP contribution in [-0.2, 0) is 11.3 Å². The van der Waals surface area contributed by atoms with Crippen LogP contribution in [0.2, 0.25) is 0 Å². The van der Waals surface area contributed by atoms with E-state index in [0.29, 0.717) is 31.7 Å². The maximum Gasteiger partial charge on any atom is 0.274 e. The summed E-state index contributed by atoms with van der Waals surface area (Å²) in [6, 6.07) is 3.90. The smallest absolute Gasteiger partial charge is 0.274 e. The second-order valence-electron chi connectivity index (χ2n) is 6.94. The Balaban J connectivity index is 1.46. The minimum Gasteiger partial charge on any atom is -0.337 e. The molecule has 2 aromatic rings. The number of likely N-dealkylation sites (tertiary alicyclic amines) is 2. The summed E-state index contributed by atoms with van der Waals surface area (Å²) in [7, 11) is 0. The minimum atomic E-state index is -0.139. The van der Waals surface area contributed by atoms with Crippen LogP contribution in [0.1, 0.15) is 41.7 Å². The monoisotopic (exact) mass is 351 g/mol. The van der Waals surface area contributed by atoms with Crippen LogP contribution in [0.25, 0.3) is 0 Å². The predicted octanol–water partition coefficient (Wildman–Crippen LogP) is 1.67. The number of hydrogen-bond acceptors (Lipinski definition) is 5. The highest BCUT2D eigenvalue weighted by atomic mass is 16.2. The number of hydrogen-bond donors (Lipinski definition) is 0. The number of carbonyl (C=O) groups is 2. The summed E-state index contributed by atoms with van der Waals surface area (Å²) in [5.74, 6) is 0.119. The van der Waals surface area contributed by atoms with E-state index in [4.69, 9.17) is 0 Å². The lowest BCUT2D eigenvalue weighted by atomic mass is 9.84. The first-order valence-corrected chi connectivity index (χ1v) is 8.93. The summed E-state index contributed by atoms with van der Waals surface area (Å²) in [5, 5.41) is 0. The average Bonchev–Trinajstić information content (AvgIpc) is 2.99. The van der Waals surface area contributed by atoms with E-state index >= 15 is 0 Å². The average molecular weight is 351 g/mol. The zero-order valence-corrected chi connectivity index (χ0v) is 14.5. The second-order valence-corrected chi connectivity index (χ2v) is 6.94. The van der Waals surface area contributed by atoms with Crippen molar-refractivity contribution >= 4 is 11.8 Å². The summed E-state index contributed by atoms with van der Waals surface area (Å²) >= 11 is 0. The molecule has 1 spiro atoms. The van der Waals surface area contributed by atoms with Crippen molar-refractivity contribution in [1.82, 2.24) is 24.8 Å². The fraction of sp³-hybridized carbons (Fsp3) is 0.421. The molecule has 0 unspecified atom stereocenters. The van der Waals surface area contributed by atoms with Crippen molar-refractivity contribution < 1.29 is 9.59 Å². The van der Waals surface area contributed by atoms with Gasteiger partial charge in [0.25, 0.3) is 5.91 Å². The van der Waals surface area contributed by atoms with E-state index in [1.807, 2.05) is 21.9 Å². The van der Waals surface area contributed by atoms with Gasteiger partial charge in [-0.1, -0.05) is 0 Å². The van der Waals surface area contributed by atoms with E-state index in [0.717, 1.165) is 24.8 Å². The van der Waals surface area contributed by atoms with Gasteiger partial charge in [0.2, 0.25) is 5.91 Å². The fourth-order valence-electron chi connectivity index (χ4n) is 4.02. The van der Waals surface area contributed by atoms with Gasteiger partial charge in [-0.05, 0) is 37.0 Å². The molecule has 2 saturated heterocycles. The Morgan fingerprint density at radius 2 is 1.81 bits per heavy atom. The molecule has 2 fully saturated rings. The molecule has 0 atom stereocenters. The third kappa shape index (κ3) is 3.05. The van der Waals surface area contributed by atoms with E-state index in [-0.39, 0.29) is 17.4 Å². The highest BCUT2D eigenvalue weighted by molar-refractivity contribution is 5.92. The van der Waals surface area contributed by atoms with Crippen LogP contribution in [0.5, 0.6) is 0 Å². The Hall–Kier alpha value is -2.83. The lowest BCUT2D eigenvalue weighted by Gasteiger charge is -2.45. The normalized spacial score (nSPS) is 19.2. The third-order valence-corrected chi connectivity index (χ3v) is 5.53. The standard InChI is InChI=1S/C19H21N5O2/c25-17-1-4-19(24(17)14-15-2-7-20-8-3-15)5-11-23(12-6-19)18(26)16-13-21-9-10-22-16/h2-3,7-10,13H,1,4-6,11-12,14H2. The molecule has 0 bridgehead atoms. The highest BCUT2D eigenvalue weighted by Gasteiger charge is 2.47. The number of carbonyl (C=O) groups excluding carboxylic acids is 2. The van der Waals surface area contributed by atoms with Gasteiger partial charge < -0.3 is 9.80 Å². The zero-order chi connectivity index (χ0) is 18.0. The topological polar surface area (TPSA) is 79.3 Å². The van der Waals surface area contributed by atoms with Crippen molar-refractivity contribution in [3.05, 3.63) is 54.4 Å². The highest BCUT2D eigenvalue weighted by Crippen LogP contribution is 2.40. The van der Waals surface area contributed by atoms with E-state index in [9.17, 15) is 9.59 Å². The maximum atomic E-state index is 12.6. The van der Waals surface area contributed by atoms with Crippen molar-refractivity contribution in [1.29, 1.82) is 0 Å². The van der Waals surface area contributed by atoms with Crippen molar-refractivity contribution in [2.24, 2.45) is 0 Å². The molecule has 7 nitrogen and oxygen atoms in total. The molecular weight excluding hydrogens is 330 g/mol. The van der Waals surface area contributed by atoms with Gasteiger partial charge in [-0.3, -0.25) is 19.6 Å². The molecule has 0 N–H and O–H groups in total. The summed E-state index contributed by atoms with van der Waals surface area (Å²) in [4.78, 5) is 41.0. The summed E-state index contributed by atoms with van der Waals surface area (Å²) in [5.41, 5.74) is 1.33. The molecule has 134 valence electrons. The van der Waals surface area contributed by atoms with Gasteiger partial charge in [0.1, 0.15) is 5.69 Å². The Bertz CT molecular complexity index is 788. The summed E-state index contributed by atoms with van der Waals surface area (Å²) in [6.45, 7) is 1.88. The summed E-state index contributed by atoms with van der Waals surface area (Å²) < 4.78 is 0. The molecule has 2 aromatic heterocycles. The van der Waals surface area contributed by atoms with E-state index in [1.165, 1.54) is 12.4 Å². The molecule has 0 radical (unpaired) electrons. The van der Waals surface area contributed by atoms with Crippen LogP contribution in [-0.4, -0.2) is 55.2 Å². The van der Waals surface area contributed by atoms with E-state index in [1.54, 1.807) is 18.6 Å². The van der Waals surface area contributed by atoms with E-state index < -0.39 is 0 Å². The molecular formula is C19H21N5O2. The van der Waals surface area contributed by atoms with Gasteiger partial charge in [0.15, 0.2) is 0 Å². The Morgan fingerprint density at radius 1 is 1.04 bits per heavy atom. The molecule has 0 aromatic carbocycles. The number of pyridine rings is 1. The number of rotatable bonds is 3. The number of aromatic nitrogens is 3. The molecule has 26 heavy (non-hydrogen) atoms. The Morgan fingerprint density at radius 3 is 2.50 bits per heavy atom. The number of nitrogens with zero attached hydrogens (tertiary/aromatic N) is 5.